The Morgan fingerprint density at radius 3 is 2.84 bits per heavy atom. The first-order valence-corrected chi connectivity index (χ1v) is 7.17. The minimum atomic E-state index is -1.30. The zero-order valence-corrected chi connectivity index (χ0v) is 12.7. The number of thiophene rings is 1. The van der Waals surface area contributed by atoms with Crippen molar-refractivity contribution in [3.8, 4) is 6.07 Å². The van der Waals surface area contributed by atoms with Gasteiger partial charge in [0.15, 0.2) is 11.7 Å². The fraction of sp³-hybridized carbons (Fsp3) is 0.417. The normalized spacial score (nSPS) is 11.6. The number of methoxy groups -OCH3 is 1. The van der Waals surface area contributed by atoms with Crippen LogP contribution in [0.2, 0.25) is 0 Å². The molecule has 1 N–H and O–H groups in total. The number of nitrogens with zero attached hydrogens (tertiary/aromatic N) is 1. The lowest BCUT2D eigenvalue weighted by Crippen LogP contribution is -2.35. The van der Waals surface area contributed by atoms with E-state index in [9.17, 15) is 9.59 Å². The molecule has 0 spiro atoms. The van der Waals surface area contributed by atoms with Crippen molar-refractivity contribution < 1.29 is 14.3 Å². The second kappa shape index (κ2) is 8.04. The van der Waals surface area contributed by atoms with Crippen molar-refractivity contribution in [1.82, 2.24) is 5.32 Å². The number of amides is 1. The van der Waals surface area contributed by atoms with Gasteiger partial charge in [0.25, 0.3) is 0 Å². The lowest BCUT2D eigenvalue weighted by atomic mass is 10.0. The summed E-state index contributed by atoms with van der Waals surface area (Å²) in [5.74, 6) is -2.33. The van der Waals surface area contributed by atoms with E-state index in [2.05, 4.69) is 21.2 Å². The first-order chi connectivity index (χ1) is 9.10. The molecule has 1 aromatic rings. The lowest BCUT2D eigenvalue weighted by molar-refractivity contribution is -0.122. The first kappa shape index (κ1) is 15.8. The molecule has 0 aliphatic heterocycles. The van der Waals surface area contributed by atoms with Gasteiger partial charge >= 0.3 is 0 Å². The van der Waals surface area contributed by atoms with Crippen molar-refractivity contribution in [1.29, 1.82) is 5.26 Å². The number of nitrogens with one attached hydrogen (secondary N) is 1. The number of carbonyl (C=O) groups is 2. The van der Waals surface area contributed by atoms with E-state index in [0.29, 0.717) is 24.4 Å². The average molecular weight is 345 g/mol. The minimum Gasteiger partial charge on any atom is -0.385 e. The molecule has 19 heavy (non-hydrogen) atoms. The number of ether oxygens (including phenoxy) is 1. The molecule has 1 amide bonds. The summed E-state index contributed by atoms with van der Waals surface area (Å²) in [4.78, 5) is 24.2. The van der Waals surface area contributed by atoms with Crippen LogP contribution in [0.25, 0.3) is 0 Å². The molecule has 1 unspecified atom stereocenters. The molecule has 1 atom stereocenters. The molecule has 0 aromatic carbocycles. The van der Waals surface area contributed by atoms with Crippen LogP contribution < -0.4 is 5.32 Å². The van der Waals surface area contributed by atoms with Gasteiger partial charge in [-0.15, -0.1) is 11.3 Å². The van der Waals surface area contributed by atoms with Crippen molar-refractivity contribution in [2.75, 3.05) is 20.3 Å². The van der Waals surface area contributed by atoms with Crippen LogP contribution in [0.3, 0.4) is 0 Å². The Morgan fingerprint density at radius 1 is 1.58 bits per heavy atom. The Balaban J connectivity index is 2.60. The van der Waals surface area contributed by atoms with Gasteiger partial charge < -0.3 is 10.1 Å². The standard InChI is InChI=1S/C12H13BrN2O3S/c1-18-6-2-5-15-12(17)8(7-14)11(16)9-3-4-10(13)19-9/h3-4,8H,2,5-6H2,1H3,(H,15,17). The zero-order valence-electron chi connectivity index (χ0n) is 10.3. The molecule has 0 fully saturated rings. The van der Waals surface area contributed by atoms with Crippen molar-refractivity contribution in [3.05, 3.63) is 20.8 Å². The average Bonchev–Trinajstić information content (AvgIpc) is 2.82. The van der Waals surface area contributed by atoms with E-state index >= 15 is 0 Å². The predicted molar refractivity (Wildman–Crippen MR) is 75.0 cm³/mol. The van der Waals surface area contributed by atoms with E-state index in [0.717, 1.165) is 3.79 Å². The number of halogens is 1. The second-order valence-electron chi connectivity index (χ2n) is 3.67. The van der Waals surface area contributed by atoms with E-state index in [1.807, 2.05) is 0 Å². The van der Waals surface area contributed by atoms with E-state index in [1.165, 1.54) is 11.3 Å². The SMILES string of the molecule is COCCCNC(=O)C(C#N)C(=O)c1ccc(Br)s1. The van der Waals surface area contributed by atoms with E-state index in [4.69, 9.17) is 10.00 Å². The molecule has 0 radical (unpaired) electrons. The van der Waals surface area contributed by atoms with Gasteiger partial charge in [-0.05, 0) is 34.5 Å². The molecule has 7 heteroatoms. The summed E-state index contributed by atoms with van der Waals surface area (Å²) in [7, 11) is 1.57. The summed E-state index contributed by atoms with van der Waals surface area (Å²) < 4.78 is 5.63. The zero-order chi connectivity index (χ0) is 14.3. The summed E-state index contributed by atoms with van der Waals surface area (Å²) >= 11 is 4.44. The molecule has 0 saturated carbocycles. The Morgan fingerprint density at radius 2 is 2.32 bits per heavy atom. The fourth-order valence-electron chi connectivity index (χ4n) is 1.36. The number of hydrogen-bond acceptors (Lipinski definition) is 5. The maximum atomic E-state index is 12.0. The highest BCUT2D eigenvalue weighted by Gasteiger charge is 2.28. The van der Waals surface area contributed by atoms with Crippen LogP contribution in [0.4, 0.5) is 0 Å². The molecule has 0 bridgehead atoms. The Labute approximate surface area is 123 Å². The van der Waals surface area contributed by atoms with Crippen molar-refractivity contribution in [3.63, 3.8) is 0 Å². The number of rotatable bonds is 7. The van der Waals surface area contributed by atoms with Crippen LogP contribution >= 0.6 is 27.3 Å². The third kappa shape index (κ3) is 4.74. The lowest BCUT2D eigenvalue weighted by Gasteiger charge is -2.08. The Hall–Kier alpha value is -1.23. The molecule has 0 aliphatic carbocycles. The van der Waals surface area contributed by atoms with Crippen molar-refractivity contribution in [2.24, 2.45) is 5.92 Å². The van der Waals surface area contributed by atoms with Crippen molar-refractivity contribution in [2.45, 2.75) is 6.42 Å². The maximum absolute atomic E-state index is 12.0. The molecular formula is C12H13BrN2O3S. The highest BCUT2D eigenvalue weighted by molar-refractivity contribution is 9.11. The van der Waals surface area contributed by atoms with Crippen LogP contribution in [0.1, 0.15) is 16.1 Å². The molecule has 0 saturated heterocycles. The summed E-state index contributed by atoms with van der Waals surface area (Å²) in [6.45, 7) is 0.898. The minimum absolute atomic E-state index is 0.381. The first-order valence-electron chi connectivity index (χ1n) is 5.56. The third-order valence-corrected chi connectivity index (χ3v) is 3.93. The Bertz CT molecular complexity index is 495. The number of nitriles is 1. The number of hydrogen-bond donors (Lipinski definition) is 1. The van der Waals surface area contributed by atoms with Gasteiger partial charge in [-0.2, -0.15) is 5.26 Å². The predicted octanol–water partition coefficient (Wildman–Crippen LogP) is 1.99. The summed E-state index contributed by atoms with van der Waals surface area (Å²) in [6, 6.07) is 5.06. The smallest absolute Gasteiger partial charge is 0.245 e. The van der Waals surface area contributed by atoms with Gasteiger partial charge in [0.05, 0.1) is 14.7 Å². The van der Waals surface area contributed by atoms with Gasteiger partial charge in [0.2, 0.25) is 5.91 Å². The van der Waals surface area contributed by atoms with Crippen LogP contribution in [0, 0.1) is 17.2 Å². The largest absolute Gasteiger partial charge is 0.385 e. The molecular weight excluding hydrogens is 332 g/mol. The third-order valence-electron chi connectivity index (χ3n) is 2.29. The summed E-state index contributed by atoms with van der Waals surface area (Å²) in [5, 5.41) is 11.5. The number of carbonyl (C=O) groups excluding carboxylic acids is 2. The van der Waals surface area contributed by atoms with Gasteiger partial charge in [-0.25, -0.2) is 0 Å². The highest BCUT2D eigenvalue weighted by Crippen LogP contribution is 2.24. The van der Waals surface area contributed by atoms with Crippen LogP contribution in [-0.2, 0) is 9.53 Å². The van der Waals surface area contributed by atoms with Crippen LogP contribution in [0.15, 0.2) is 15.9 Å². The summed E-state index contributed by atoms with van der Waals surface area (Å²) in [5.41, 5.74) is 0. The maximum Gasteiger partial charge on any atom is 0.245 e. The van der Waals surface area contributed by atoms with Crippen LogP contribution in [0.5, 0.6) is 0 Å². The number of ketones is 1. The molecule has 102 valence electrons. The highest BCUT2D eigenvalue weighted by atomic mass is 79.9. The van der Waals surface area contributed by atoms with E-state index in [-0.39, 0.29) is 0 Å². The van der Waals surface area contributed by atoms with E-state index < -0.39 is 17.6 Å². The Kier molecular flexibility index (Phi) is 6.70. The van der Waals surface area contributed by atoms with Gasteiger partial charge in [0.1, 0.15) is 0 Å². The molecule has 1 heterocycles. The fourth-order valence-corrected chi connectivity index (χ4v) is 2.71. The van der Waals surface area contributed by atoms with Gasteiger partial charge in [0, 0.05) is 20.3 Å². The molecule has 1 rings (SSSR count). The molecule has 1 aromatic heterocycles. The van der Waals surface area contributed by atoms with Crippen LogP contribution in [-0.4, -0.2) is 32.0 Å². The van der Waals surface area contributed by atoms with Gasteiger partial charge in [-0.1, -0.05) is 0 Å². The van der Waals surface area contributed by atoms with Gasteiger partial charge in [-0.3, -0.25) is 9.59 Å². The summed E-state index contributed by atoms with van der Waals surface area (Å²) in [6.07, 6.45) is 0.638. The monoisotopic (exact) mass is 344 g/mol. The van der Waals surface area contributed by atoms with E-state index in [1.54, 1.807) is 25.3 Å². The molecule has 0 aliphatic rings. The molecule has 5 nitrogen and oxygen atoms in total. The quantitative estimate of drug-likeness (QED) is 0.466. The topological polar surface area (TPSA) is 79.2 Å². The van der Waals surface area contributed by atoms with Crippen molar-refractivity contribution >= 4 is 39.0 Å². The second-order valence-corrected chi connectivity index (χ2v) is 6.13. The number of Topliss-reactive ketones (excluding diaryl/α,β-unsaturated/α-hetero) is 1.